The molecule has 1 aliphatic heterocycles. The molecule has 1 unspecified atom stereocenters. The Morgan fingerprint density at radius 1 is 1.21 bits per heavy atom. The van der Waals surface area contributed by atoms with Gasteiger partial charge < -0.3 is 10.5 Å². The average molecular weight is 321 g/mol. The van der Waals surface area contributed by atoms with Gasteiger partial charge in [-0.1, -0.05) is 18.2 Å². The highest BCUT2D eigenvalue weighted by Crippen LogP contribution is 2.27. The van der Waals surface area contributed by atoms with Crippen LogP contribution in [0.2, 0.25) is 0 Å². The van der Waals surface area contributed by atoms with Crippen LogP contribution in [0.25, 0.3) is 23.1 Å². The highest BCUT2D eigenvalue weighted by atomic mass is 16.5. The van der Waals surface area contributed by atoms with Crippen LogP contribution in [-0.2, 0) is 4.74 Å². The molecule has 6 heteroatoms. The molecule has 2 N–H and O–H groups in total. The summed E-state index contributed by atoms with van der Waals surface area (Å²) < 4.78 is 7.83. The molecule has 24 heavy (non-hydrogen) atoms. The van der Waals surface area contributed by atoms with Gasteiger partial charge in [-0.25, -0.2) is 4.68 Å². The lowest BCUT2D eigenvalue weighted by Crippen LogP contribution is -2.18. The molecule has 0 amide bonds. The fourth-order valence-electron chi connectivity index (χ4n) is 3.00. The second-order valence-corrected chi connectivity index (χ2v) is 5.93. The third-order valence-corrected chi connectivity index (χ3v) is 4.29. The average Bonchev–Trinajstić information content (AvgIpc) is 3.05. The Balaban J connectivity index is 1.61. The predicted octanol–water partition coefficient (Wildman–Crippen LogP) is 3.28. The predicted molar refractivity (Wildman–Crippen MR) is 93.9 cm³/mol. The van der Waals surface area contributed by atoms with Crippen LogP contribution in [0, 0.1) is 0 Å². The summed E-state index contributed by atoms with van der Waals surface area (Å²) in [5.41, 5.74) is 8.85. The summed E-state index contributed by atoms with van der Waals surface area (Å²) in [6.07, 6.45) is 10.9. The van der Waals surface area contributed by atoms with Crippen LogP contribution in [0.15, 0.2) is 36.7 Å². The van der Waals surface area contributed by atoms with E-state index in [1.165, 1.54) is 6.42 Å². The van der Waals surface area contributed by atoms with E-state index in [1.807, 2.05) is 29.1 Å². The maximum atomic E-state index is 5.84. The van der Waals surface area contributed by atoms with E-state index >= 15 is 0 Å². The van der Waals surface area contributed by atoms with E-state index in [4.69, 9.17) is 10.5 Å². The number of nitrogens with two attached hydrogens (primary N) is 1. The molecule has 0 bridgehead atoms. The Bertz CT molecular complexity index is 880. The fourth-order valence-corrected chi connectivity index (χ4v) is 3.00. The quantitative estimate of drug-likeness (QED) is 0.801. The summed E-state index contributed by atoms with van der Waals surface area (Å²) in [5.74, 6) is 0.428. The van der Waals surface area contributed by atoms with Crippen molar-refractivity contribution in [2.45, 2.75) is 25.5 Å². The highest BCUT2D eigenvalue weighted by Gasteiger charge is 2.18. The summed E-state index contributed by atoms with van der Waals surface area (Å²) >= 11 is 0. The van der Waals surface area contributed by atoms with Gasteiger partial charge in [0, 0.05) is 17.6 Å². The minimum atomic E-state index is 0.0559. The SMILES string of the molecule is Nc1nnccc1C=Cc1ccc2c(cnn2C2CCCCO2)c1. The van der Waals surface area contributed by atoms with Crippen molar-refractivity contribution in [1.82, 2.24) is 20.0 Å². The lowest BCUT2D eigenvalue weighted by molar-refractivity contribution is -0.0366. The normalized spacial score (nSPS) is 18.4. The van der Waals surface area contributed by atoms with E-state index in [-0.39, 0.29) is 6.23 Å². The van der Waals surface area contributed by atoms with E-state index in [0.717, 1.165) is 41.5 Å². The molecule has 1 aliphatic rings. The van der Waals surface area contributed by atoms with Crippen LogP contribution < -0.4 is 5.73 Å². The molecule has 3 aromatic rings. The van der Waals surface area contributed by atoms with Crippen LogP contribution in [0.4, 0.5) is 5.82 Å². The van der Waals surface area contributed by atoms with Crippen molar-refractivity contribution < 1.29 is 4.74 Å². The van der Waals surface area contributed by atoms with Gasteiger partial charge in [-0.15, -0.1) is 5.10 Å². The van der Waals surface area contributed by atoms with Gasteiger partial charge in [0.2, 0.25) is 0 Å². The maximum Gasteiger partial charge on any atom is 0.153 e. The van der Waals surface area contributed by atoms with Gasteiger partial charge in [0.25, 0.3) is 0 Å². The highest BCUT2D eigenvalue weighted by molar-refractivity contribution is 5.84. The van der Waals surface area contributed by atoms with Gasteiger partial charge in [0.05, 0.1) is 17.9 Å². The first kappa shape index (κ1) is 14.8. The van der Waals surface area contributed by atoms with E-state index in [1.54, 1.807) is 6.20 Å². The minimum absolute atomic E-state index is 0.0559. The third kappa shape index (κ3) is 2.88. The number of benzene rings is 1. The largest absolute Gasteiger partial charge is 0.382 e. The number of hydrogen-bond acceptors (Lipinski definition) is 5. The van der Waals surface area contributed by atoms with Crippen LogP contribution >= 0.6 is 0 Å². The first-order chi connectivity index (χ1) is 11.8. The smallest absolute Gasteiger partial charge is 0.153 e. The number of nitrogens with zero attached hydrogens (tertiary/aromatic N) is 4. The number of ether oxygens (including phenoxy) is 1. The Morgan fingerprint density at radius 2 is 2.17 bits per heavy atom. The van der Waals surface area contributed by atoms with Crippen LogP contribution in [0.3, 0.4) is 0 Å². The molecule has 0 spiro atoms. The van der Waals surface area contributed by atoms with Crippen LogP contribution in [0.5, 0.6) is 0 Å². The number of aromatic nitrogens is 4. The number of nitrogen functional groups attached to an aromatic ring is 1. The molecular weight excluding hydrogens is 302 g/mol. The Kier molecular flexibility index (Phi) is 3.96. The first-order valence-electron chi connectivity index (χ1n) is 8.15. The summed E-state index contributed by atoms with van der Waals surface area (Å²) in [6, 6.07) is 8.12. The monoisotopic (exact) mass is 321 g/mol. The van der Waals surface area contributed by atoms with Crippen molar-refractivity contribution in [3.8, 4) is 0 Å². The molecule has 0 saturated carbocycles. The fraction of sp³-hybridized carbons (Fsp3) is 0.278. The van der Waals surface area contributed by atoms with E-state index < -0.39 is 0 Å². The summed E-state index contributed by atoms with van der Waals surface area (Å²) in [7, 11) is 0. The van der Waals surface area contributed by atoms with Crippen LogP contribution in [0.1, 0.15) is 36.6 Å². The van der Waals surface area contributed by atoms with Gasteiger partial charge in [-0.05, 0) is 43.0 Å². The Morgan fingerprint density at radius 3 is 3.00 bits per heavy atom. The Hall–Kier alpha value is -2.73. The number of hydrogen-bond donors (Lipinski definition) is 1. The topological polar surface area (TPSA) is 78.9 Å². The number of rotatable bonds is 3. The molecule has 1 atom stereocenters. The van der Waals surface area contributed by atoms with Crippen molar-refractivity contribution >= 4 is 28.9 Å². The molecule has 122 valence electrons. The minimum Gasteiger partial charge on any atom is -0.382 e. The van der Waals surface area contributed by atoms with Crippen molar-refractivity contribution in [2.75, 3.05) is 12.3 Å². The second-order valence-electron chi connectivity index (χ2n) is 5.93. The van der Waals surface area contributed by atoms with Gasteiger partial charge >= 0.3 is 0 Å². The number of fused-ring (bicyclic) bond motifs is 1. The van der Waals surface area contributed by atoms with Crippen molar-refractivity contribution in [2.24, 2.45) is 0 Å². The Labute approximate surface area is 139 Å². The van der Waals surface area contributed by atoms with Gasteiger partial charge in [0.1, 0.15) is 0 Å². The molecule has 1 fully saturated rings. The third-order valence-electron chi connectivity index (χ3n) is 4.29. The van der Waals surface area contributed by atoms with Gasteiger partial charge in [-0.2, -0.15) is 10.2 Å². The molecule has 1 aromatic carbocycles. The molecule has 6 nitrogen and oxygen atoms in total. The summed E-state index contributed by atoms with van der Waals surface area (Å²) in [5, 5.41) is 13.2. The van der Waals surface area contributed by atoms with E-state index in [9.17, 15) is 0 Å². The van der Waals surface area contributed by atoms with Crippen molar-refractivity contribution in [1.29, 1.82) is 0 Å². The molecular formula is C18H19N5O. The molecule has 0 aliphatic carbocycles. The second kappa shape index (κ2) is 6.41. The molecule has 1 saturated heterocycles. The first-order valence-corrected chi connectivity index (χ1v) is 8.15. The summed E-state index contributed by atoms with van der Waals surface area (Å²) in [4.78, 5) is 0. The number of anilines is 1. The lowest BCUT2D eigenvalue weighted by Gasteiger charge is -2.23. The van der Waals surface area contributed by atoms with Crippen LogP contribution in [-0.4, -0.2) is 26.6 Å². The molecule has 4 rings (SSSR count). The zero-order chi connectivity index (χ0) is 16.4. The van der Waals surface area contributed by atoms with Gasteiger partial charge in [-0.3, -0.25) is 0 Å². The molecule has 3 heterocycles. The van der Waals surface area contributed by atoms with Crippen molar-refractivity contribution in [3.05, 3.63) is 47.8 Å². The van der Waals surface area contributed by atoms with E-state index in [2.05, 4.69) is 33.5 Å². The molecule has 2 aromatic heterocycles. The standard InChI is InChI=1S/C18H19N5O/c19-18-14(8-9-20-22-18)6-4-13-5-7-16-15(11-13)12-21-23(16)17-3-1-2-10-24-17/h4-9,11-12,17H,1-3,10H2,(H2,19,22). The molecule has 0 radical (unpaired) electrons. The maximum absolute atomic E-state index is 5.84. The summed E-state index contributed by atoms with van der Waals surface area (Å²) in [6.45, 7) is 0.814. The lowest BCUT2D eigenvalue weighted by atomic mass is 10.1. The zero-order valence-electron chi connectivity index (χ0n) is 13.3. The zero-order valence-corrected chi connectivity index (χ0v) is 13.3. The van der Waals surface area contributed by atoms with E-state index in [0.29, 0.717) is 5.82 Å². The van der Waals surface area contributed by atoms with Gasteiger partial charge in [0.15, 0.2) is 12.0 Å². The van der Waals surface area contributed by atoms with Crippen molar-refractivity contribution in [3.63, 3.8) is 0 Å².